The van der Waals surface area contributed by atoms with Crippen LogP contribution in [0.5, 0.6) is 5.75 Å². The van der Waals surface area contributed by atoms with Crippen molar-refractivity contribution in [3.8, 4) is 5.75 Å². The summed E-state index contributed by atoms with van der Waals surface area (Å²) in [6, 6.07) is 9.40. The van der Waals surface area contributed by atoms with Gasteiger partial charge in [0.1, 0.15) is 12.4 Å². The van der Waals surface area contributed by atoms with Crippen LogP contribution in [0, 0.1) is 0 Å². The first-order valence-electron chi connectivity index (χ1n) is 5.78. The van der Waals surface area contributed by atoms with E-state index in [1.807, 2.05) is 30.3 Å². The average Bonchev–Trinajstić information content (AvgIpc) is 2.40. The van der Waals surface area contributed by atoms with Crippen molar-refractivity contribution in [2.24, 2.45) is 5.73 Å². The van der Waals surface area contributed by atoms with E-state index in [0.717, 1.165) is 5.75 Å². The topological polar surface area (TPSA) is 78.3 Å². The zero-order valence-electron chi connectivity index (χ0n) is 9.98. The molecule has 0 saturated heterocycles. The Bertz CT molecular complexity index is 480. The Morgan fingerprint density at radius 3 is 2.94 bits per heavy atom. The molecule has 5 nitrogen and oxygen atoms in total. The Hall–Kier alpha value is -2.30. The minimum absolute atomic E-state index is 0.135. The molecule has 1 amide bonds. The highest BCUT2D eigenvalue weighted by molar-refractivity contribution is 6.41. The summed E-state index contributed by atoms with van der Waals surface area (Å²) in [6.45, 7) is 1.60. The summed E-state index contributed by atoms with van der Waals surface area (Å²) < 4.78 is 5.48. The first-order valence-corrected chi connectivity index (χ1v) is 5.78. The van der Waals surface area contributed by atoms with Crippen molar-refractivity contribution >= 4 is 11.6 Å². The second-order valence-electron chi connectivity index (χ2n) is 3.92. The van der Waals surface area contributed by atoms with Gasteiger partial charge in [-0.15, -0.1) is 0 Å². The summed E-state index contributed by atoms with van der Waals surface area (Å²) in [7, 11) is 0. The minimum atomic E-state index is -0.135. The highest BCUT2D eigenvalue weighted by Gasteiger charge is 2.18. The first-order chi connectivity index (χ1) is 8.75. The van der Waals surface area contributed by atoms with Gasteiger partial charge in [0.25, 0.3) is 5.71 Å². The number of carbonyl (C=O) groups excluding carboxylic acids is 1. The van der Waals surface area contributed by atoms with Gasteiger partial charge in [-0.2, -0.15) is 0 Å². The first kappa shape index (κ1) is 12.2. The Morgan fingerprint density at radius 2 is 2.22 bits per heavy atom. The van der Waals surface area contributed by atoms with Crippen LogP contribution >= 0.6 is 0 Å². The Kier molecular flexibility index (Phi) is 3.96. The Balaban J connectivity index is 1.93. The molecule has 1 heterocycles. The molecule has 0 fully saturated rings. The quantitative estimate of drug-likeness (QED) is 0.609. The average molecular weight is 246 g/mol. The van der Waals surface area contributed by atoms with E-state index in [1.165, 1.54) is 0 Å². The lowest BCUT2D eigenvalue weighted by Crippen LogP contribution is -2.80. The largest absolute Gasteiger partial charge is 0.487 e. The van der Waals surface area contributed by atoms with Crippen LogP contribution in [0.2, 0.25) is 0 Å². The van der Waals surface area contributed by atoms with Crippen molar-refractivity contribution in [2.75, 3.05) is 19.7 Å². The number of ether oxygens (including phenoxy) is 1. The molecule has 1 aromatic carbocycles. The predicted octanol–water partition coefficient (Wildman–Crippen LogP) is -1.44. The molecule has 1 aliphatic rings. The zero-order chi connectivity index (χ0) is 12.8. The number of hydrogen-bond acceptors (Lipinski definition) is 3. The van der Waals surface area contributed by atoms with Gasteiger partial charge >= 0.3 is 5.91 Å². The molecular formula is C13H16N3O2+. The standard InChI is InChI=1S/C13H15N3O2/c14-10(8-12-13(17)16-7-6-15-12)9-18-11-4-2-1-3-5-11/h1-5,8H,6-7,9,14H2,(H,16,17)/p+1. The number of para-hydroxylation sites is 1. The third-order valence-corrected chi connectivity index (χ3v) is 2.45. The highest BCUT2D eigenvalue weighted by atomic mass is 16.5. The lowest BCUT2D eigenvalue weighted by Gasteiger charge is -2.07. The van der Waals surface area contributed by atoms with E-state index in [1.54, 1.807) is 6.08 Å². The van der Waals surface area contributed by atoms with Crippen molar-refractivity contribution < 1.29 is 14.5 Å². The maximum Gasteiger partial charge on any atom is 0.315 e. The maximum atomic E-state index is 11.5. The molecule has 0 radical (unpaired) electrons. The second kappa shape index (κ2) is 5.86. The number of hydrogen-bond donors (Lipinski definition) is 3. The molecule has 2 rings (SSSR count). The molecule has 1 aromatic rings. The smallest absolute Gasteiger partial charge is 0.315 e. The molecule has 0 unspecified atom stereocenters. The van der Waals surface area contributed by atoms with Gasteiger partial charge < -0.3 is 15.8 Å². The molecular weight excluding hydrogens is 230 g/mol. The monoisotopic (exact) mass is 246 g/mol. The van der Waals surface area contributed by atoms with Crippen LogP contribution < -0.4 is 20.8 Å². The molecule has 1 aliphatic heterocycles. The van der Waals surface area contributed by atoms with E-state index >= 15 is 0 Å². The molecule has 0 atom stereocenters. The van der Waals surface area contributed by atoms with Gasteiger partial charge in [-0.05, 0) is 12.1 Å². The number of amides is 1. The van der Waals surface area contributed by atoms with Crippen LogP contribution in [0.4, 0.5) is 0 Å². The molecule has 0 spiro atoms. The Morgan fingerprint density at radius 1 is 1.44 bits per heavy atom. The third kappa shape index (κ3) is 3.35. The van der Waals surface area contributed by atoms with Crippen LogP contribution in [-0.2, 0) is 4.79 Å². The van der Waals surface area contributed by atoms with Gasteiger partial charge in [0, 0.05) is 6.08 Å². The highest BCUT2D eigenvalue weighted by Crippen LogP contribution is 2.08. The van der Waals surface area contributed by atoms with Gasteiger partial charge in [-0.3, -0.25) is 4.79 Å². The fraction of sp³-hybridized carbons (Fsp3) is 0.231. The number of nitrogens with one attached hydrogen (secondary N) is 2. The van der Waals surface area contributed by atoms with E-state index in [9.17, 15) is 4.79 Å². The van der Waals surface area contributed by atoms with Gasteiger partial charge in [0.05, 0.1) is 12.2 Å². The summed E-state index contributed by atoms with van der Waals surface area (Å²) in [6.07, 6.45) is 1.61. The van der Waals surface area contributed by atoms with Gasteiger partial charge in [0.15, 0.2) is 6.54 Å². The van der Waals surface area contributed by atoms with Crippen molar-refractivity contribution in [3.05, 3.63) is 42.1 Å². The Labute approximate surface area is 105 Å². The van der Waals surface area contributed by atoms with Crippen LogP contribution in [0.3, 0.4) is 0 Å². The number of carbonyl (C=O) groups is 1. The molecule has 0 aliphatic carbocycles. The van der Waals surface area contributed by atoms with E-state index in [2.05, 4.69) is 10.3 Å². The lowest BCUT2D eigenvalue weighted by atomic mass is 10.2. The third-order valence-electron chi connectivity index (χ3n) is 2.45. The van der Waals surface area contributed by atoms with Gasteiger partial charge in [-0.1, -0.05) is 18.2 Å². The second-order valence-corrected chi connectivity index (χ2v) is 3.92. The predicted molar refractivity (Wildman–Crippen MR) is 68.1 cm³/mol. The SMILES string of the molecule is NC(=CC1=[NH+]CCNC1=O)COc1ccccc1. The van der Waals surface area contributed by atoms with Crippen molar-refractivity contribution in [3.63, 3.8) is 0 Å². The summed E-state index contributed by atoms with van der Waals surface area (Å²) in [5.41, 5.74) is 6.79. The summed E-state index contributed by atoms with van der Waals surface area (Å²) in [5.74, 6) is 0.615. The molecule has 0 saturated carbocycles. The molecule has 0 bridgehead atoms. The molecule has 0 aromatic heterocycles. The van der Waals surface area contributed by atoms with Crippen LogP contribution in [-0.4, -0.2) is 31.3 Å². The fourth-order valence-corrected chi connectivity index (χ4v) is 1.58. The van der Waals surface area contributed by atoms with E-state index in [-0.39, 0.29) is 12.5 Å². The lowest BCUT2D eigenvalue weighted by molar-refractivity contribution is -0.455. The molecule has 5 heteroatoms. The minimum Gasteiger partial charge on any atom is -0.487 e. The maximum absolute atomic E-state index is 11.5. The van der Waals surface area contributed by atoms with Gasteiger partial charge in [0.2, 0.25) is 0 Å². The summed E-state index contributed by atoms with van der Waals surface area (Å²) >= 11 is 0. The van der Waals surface area contributed by atoms with Crippen molar-refractivity contribution in [1.82, 2.24) is 5.32 Å². The molecule has 18 heavy (non-hydrogen) atoms. The van der Waals surface area contributed by atoms with Crippen LogP contribution in [0.25, 0.3) is 0 Å². The summed E-state index contributed by atoms with van der Waals surface area (Å²) in [5, 5.41) is 2.73. The number of rotatable bonds is 4. The van der Waals surface area contributed by atoms with Gasteiger partial charge in [-0.25, -0.2) is 4.99 Å². The van der Waals surface area contributed by atoms with Crippen LogP contribution in [0.1, 0.15) is 0 Å². The normalized spacial score (nSPS) is 15.9. The zero-order valence-corrected chi connectivity index (χ0v) is 9.98. The van der Waals surface area contributed by atoms with Crippen molar-refractivity contribution in [2.45, 2.75) is 0 Å². The van der Waals surface area contributed by atoms with Crippen LogP contribution in [0.15, 0.2) is 42.1 Å². The fourth-order valence-electron chi connectivity index (χ4n) is 1.58. The van der Waals surface area contributed by atoms with E-state index in [0.29, 0.717) is 24.5 Å². The van der Waals surface area contributed by atoms with Crippen molar-refractivity contribution in [1.29, 1.82) is 0 Å². The number of nitrogens with two attached hydrogens (primary N) is 1. The van der Waals surface area contributed by atoms with E-state index in [4.69, 9.17) is 10.5 Å². The molecule has 94 valence electrons. The van der Waals surface area contributed by atoms with E-state index < -0.39 is 0 Å². The number of benzene rings is 1. The summed E-state index contributed by atoms with van der Waals surface area (Å²) in [4.78, 5) is 14.4. The molecule has 4 N–H and O–H groups in total.